The van der Waals surface area contributed by atoms with Crippen LogP contribution in [0.2, 0.25) is 0 Å². The summed E-state index contributed by atoms with van der Waals surface area (Å²) in [5, 5.41) is 33.6. The quantitative estimate of drug-likeness (QED) is 0.247. The smallest absolute Gasteiger partial charge is 0.306 e. The molecule has 1 aliphatic rings. The highest BCUT2D eigenvalue weighted by Crippen LogP contribution is 2.29. The van der Waals surface area contributed by atoms with Gasteiger partial charge in [0, 0.05) is 12.8 Å². The lowest BCUT2D eigenvalue weighted by atomic mass is 9.81. The van der Waals surface area contributed by atoms with Crippen LogP contribution in [0.3, 0.4) is 0 Å². The number of carboxylic acid groups (broad SMARTS) is 4. The SMILES string of the molecule is NCCCCCCN.O=C(O)C1CCCC(C(=O)O)C1.O=C(O)CCCCC(=O)O. The molecule has 0 aromatic carbocycles. The Hall–Kier alpha value is -2.20. The molecule has 1 aliphatic carbocycles. The van der Waals surface area contributed by atoms with Crippen molar-refractivity contribution < 1.29 is 39.6 Å². The molecular weight excluding hydrogens is 396 g/mol. The van der Waals surface area contributed by atoms with Gasteiger partial charge in [-0.3, -0.25) is 19.2 Å². The molecular formula is C20H38N2O8. The standard InChI is InChI=1S/C8H12O4.C6H16N2.C6H10O4/c9-7(10)5-2-1-3-6(4-5)8(11)12;7-5-3-1-2-4-6-8;7-5(8)3-1-2-4-6(9)10/h5-6H,1-4H2,(H,9,10)(H,11,12);1-8H2;1-4H2,(H,7,8)(H,9,10). The van der Waals surface area contributed by atoms with Crippen molar-refractivity contribution in [2.75, 3.05) is 13.1 Å². The van der Waals surface area contributed by atoms with E-state index in [9.17, 15) is 19.2 Å². The molecule has 0 spiro atoms. The van der Waals surface area contributed by atoms with Crippen LogP contribution in [0.15, 0.2) is 0 Å². The van der Waals surface area contributed by atoms with Gasteiger partial charge in [-0.2, -0.15) is 0 Å². The average molecular weight is 435 g/mol. The molecule has 1 rings (SSSR count). The van der Waals surface area contributed by atoms with E-state index >= 15 is 0 Å². The van der Waals surface area contributed by atoms with Gasteiger partial charge in [-0.1, -0.05) is 19.3 Å². The van der Waals surface area contributed by atoms with E-state index in [1.54, 1.807) is 0 Å². The van der Waals surface area contributed by atoms with Gasteiger partial charge in [0.1, 0.15) is 0 Å². The van der Waals surface area contributed by atoms with Crippen molar-refractivity contribution in [3.63, 3.8) is 0 Å². The van der Waals surface area contributed by atoms with E-state index in [-0.39, 0.29) is 12.8 Å². The molecule has 1 fully saturated rings. The molecule has 10 nitrogen and oxygen atoms in total. The Morgan fingerprint density at radius 1 is 0.633 bits per heavy atom. The zero-order valence-corrected chi connectivity index (χ0v) is 17.6. The van der Waals surface area contributed by atoms with E-state index in [0.29, 0.717) is 38.5 Å². The van der Waals surface area contributed by atoms with Gasteiger partial charge in [0.05, 0.1) is 11.8 Å². The van der Waals surface area contributed by atoms with Gasteiger partial charge in [0.2, 0.25) is 0 Å². The Bertz CT molecular complexity index is 457. The molecule has 10 heteroatoms. The second-order valence-electron chi connectivity index (χ2n) is 7.22. The first kappa shape index (κ1) is 30.0. The fraction of sp³-hybridized carbons (Fsp3) is 0.800. The second kappa shape index (κ2) is 20.1. The summed E-state index contributed by atoms with van der Waals surface area (Å²) in [5.41, 5.74) is 10.6. The van der Waals surface area contributed by atoms with E-state index < -0.39 is 35.7 Å². The summed E-state index contributed by atoms with van der Waals surface area (Å²) in [4.78, 5) is 40.9. The van der Waals surface area contributed by atoms with Crippen molar-refractivity contribution in [3.05, 3.63) is 0 Å². The van der Waals surface area contributed by atoms with Crippen molar-refractivity contribution in [2.45, 2.75) is 77.0 Å². The number of carbonyl (C=O) groups is 4. The third-order valence-electron chi connectivity index (χ3n) is 4.56. The molecule has 0 saturated heterocycles. The number of carboxylic acids is 4. The van der Waals surface area contributed by atoms with Gasteiger partial charge in [-0.25, -0.2) is 0 Å². The Morgan fingerprint density at radius 3 is 1.27 bits per heavy atom. The normalized spacial score (nSPS) is 17.5. The van der Waals surface area contributed by atoms with Crippen LogP contribution in [-0.4, -0.2) is 57.4 Å². The van der Waals surface area contributed by atoms with E-state index in [1.807, 2.05) is 0 Å². The van der Waals surface area contributed by atoms with Crippen LogP contribution in [0.25, 0.3) is 0 Å². The molecule has 0 aliphatic heterocycles. The van der Waals surface area contributed by atoms with Crippen LogP contribution in [0.5, 0.6) is 0 Å². The van der Waals surface area contributed by atoms with E-state index in [0.717, 1.165) is 25.9 Å². The maximum Gasteiger partial charge on any atom is 0.306 e. The zero-order valence-electron chi connectivity index (χ0n) is 17.6. The number of rotatable bonds is 12. The van der Waals surface area contributed by atoms with Gasteiger partial charge in [0.15, 0.2) is 0 Å². The summed E-state index contributed by atoms with van der Waals surface area (Å²) < 4.78 is 0. The van der Waals surface area contributed by atoms with Crippen molar-refractivity contribution in [2.24, 2.45) is 23.3 Å². The van der Waals surface area contributed by atoms with Crippen LogP contribution >= 0.6 is 0 Å². The Morgan fingerprint density at radius 2 is 1.00 bits per heavy atom. The first-order chi connectivity index (χ1) is 14.1. The molecule has 0 radical (unpaired) electrons. The van der Waals surface area contributed by atoms with Gasteiger partial charge in [-0.05, 0) is 58.0 Å². The van der Waals surface area contributed by atoms with Gasteiger partial charge in [-0.15, -0.1) is 0 Å². The van der Waals surface area contributed by atoms with E-state index in [4.69, 9.17) is 31.9 Å². The molecule has 0 heterocycles. The lowest BCUT2D eigenvalue weighted by molar-refractivity contribution is -0.148. The van der Waals surface area contributed by atoms with Crippen LogP contribution in [0.4, 0.5) is 0 Å². The van der Waals surface area contributed by atoms with Crippen LogP contribution in [0, 0.1) is 11.8 Å². The number of hydrogen-bond acceptors (Lipinski definition) is 6. The number of unbranched alkanes of at least 4 members (excludes halogenated alkanes) is 4. The average Bonchev–Trinajstić information content (AvgIpc) is 2.69. The summed E-state index contributed by atoms with van der Waals surface area (Å²) >= 11 is 0. The Balaban J connectivity index is 0. The Kier molecular flexibility index (Phi) is 20.1. The first-order valence-electron chi connectivity index (χ1n) is 10.4. The molecule has 0 aromatic heterocycles. The molecule has 0 amide bonds. The summed E-state index contributed by atoms with van der Waals surface area (Å²) in [6.45, 7) is 1.65. The highest BCUT2D eigenvalue weighted by atomic mass is 16.4. The van der Waals surface area contributed by atoms with Crippen molar-refractivity contribution in [3.8, 4) is 0 Å². The van der Waals surface area contributed by atoms with Crippen LogP contribution < -0.4 is 11.5 Å². The minimum absolute atomic E-state index is 0.0628. The maximum absolute atomic E-state index is 10.5. The molecule has 2 atom stereocenters. The van der Waals surface area contributed by atoms with Gasteiger partial charge < -0.3 is 31.9 Å². The molecule has 0 aromatic rings. The maximum atomic E-state index is 10.5. The van der Waals surface area contributed by atoms with Crippen LogP contribution in [-0.2, 0) is 19.2 Å². The van der Waals surface area contributed by atoms with Gasteiger partial charge >= 0.3 is 23.9 Å². The molecule has 176 valence electrons. The predicted octanol–water partition coefficient (Wildman–Crippen LogP) is 2.14. The highest BCUT2D eigenvalue weighted by Gasteiger charge is 2.30. The second-order valence-corrected chi connectivity index (χ2v) is 7.22. The molecule has 1 saturated carbocycles. The van der Waals surface area contributed by atoms with Gasteiger partial charge in [0.25, 0.3) is 0 Å². The van der Waals surface area contributed by atoms with Crippen molar-refractivity contribution >= 4 is 23.9 Å². The number of nitrogens with two attached hydrogens (primary N) is 2. The first-order valence-corrected chi connectivity index (χ1v) is 10.4. The van der Waals surface area contributed by atoms with Crippen LogP contribution in [0.1, 0.15) is 77.0 Å². The third-order valence-corrected chi connectivity index (χ3v) is 4.56. The monoisotopic (exact) mass is 434 g/mol. The minimum Gasteiger partial charge on any atom is -0.481 e. The number of aliphatic carboxylic acids is 4. The third kappa shape index (κ3) is 20.5. The molecule has 8 N–H and O–H groups in total. The predicted molar refractivity (Wildman–Crippen MR) is 111 cm³/mol. The fourth-order valence-corrected chi connectivity index (χ4v) is 2.83. The lowest BCUT2D eigenvalue weighted by Gasteiger charge is -2.23. The minimum atomic E-state index is -0.870. The summed E-state index contributed by atoms with van der Waals surface area (Å²) in [5.74, 6) is -4.35. The van der Waals surface area contributed by atoms with Crippen molar-refractivity contribution in [1.82, 2.24) is 0 Å². The lowest BCUT2D eigenvalue weighted by Crippen LogP contribution is -2.26. The largest absolute Gasteiger partial charge is 0.481 e. The summed E-state index contributed by atoms with van der Waals surface area (Å²) in [6.07, 6.45) is 8.07. The Labute approximate surface area is 177 Å². The molecule has 30 heavy (non-hydrogen) atoms. The topological polar surface area (TPSA) is 201 Å². The molecule has 2 unspecified atom stereocenters. The fourth-order valence-electron chi connectivity index (χ4n) is 2.83. The summed E-state index contributed by atoms with van der Waals surface area (Å²) in [7, 11) is 0. The van der Waals surface area contributed by atoms with E-state index in [1.165, 1.54) is 12.8 Å². The molecule has 0 bridgehead atoms. The summed E-state index contributed by atoms with van der Waals surface area (Å²) in [6, 6.07) is 0. The van der Waals surface area contributed by atoms with E-state index in [2.05, 4.69) is 0 Å². The number of hydrogen-bond donors (Lipinski definition) is 6. The highest BCUT2D eigenvalue weighted by molar-refractivity contribution is 5.74. The van der Waals surface area contributed by atoms with Crippen molar-refractivity contribution in [1.29, 1.82) is 0 Å². The zero-order chi connectivity index (χ0) is 23.4.